The first-order valence-corrected chi connectivity index (χ1v) is 15.9. The Labute approximate surface area is 252 Å². The molecule has 9 heteroatoms. The van der Waals surface area contributed by atoms with E-state index < -0.39 is 6.10 Å². The predicted octanol–water partition coefficient (Wildman–Crippen LogP) is 4.32. The van der Waals surface area contributed by atoms with Gasteiger partial charge in [-0.05, 0) is 88.0 Å². The average Bonchev–Trinajstić information content (AvgIpc) is 3.68. The molecule has 0 bridgehead atoms. The van der Waals surface area contributed by atoms with Crippen LogP contribution in [0.1, 0.15) is 72.9 Å². The van der Waals surface area contributed by atoms with Gasteiger partial charge in [0.25, 0.3) is 11.8 Å². The van der Waals surface area contributed by atoms with Crippen molar-refractivity contribution in [2.75, 3.05) is 26.2 Å². The van der Waals surface area contributed by atoms with E-state index in [0.717, 1.165) is 61.2 Å². The fraction of sp³-hybridized carbons (Fsp3) is 0.500. The zero-order valence-corrected chi connectivity index (χ0v) is 25.2. The van der Waals surface area contributed by atoms with E-state index in [0.29, 0.717) is 37.0 Å². The van der Waals surface area contributed by atoms with E-state index >= 15 is 0 Å². The van der Waals surface area contributed by atoms with Crippen molar-refractivity contribution < 1.29 is 14.7 Å². The number of rotatable bonds is 6. The van der Waals surface area contributed by atoms with Crippen molar-refractivity contribution >= 4 is 28.2 Å². The Bertz CT molecular complexity index is 1690. The smallest absolute Gasteiger partial charge is 0.255 e. The summed E-state index contributed by atoms with van der Waals surface area (Å²) in [7, 11) is 0. The first-order chi connectivity index (χ1) is 20.8. The Balaban J connectivity index is 1.25. The Morgan fingerprint density at radius 3 is 2.56 bits per heavy atom. The molecule has 3 fully saturated rings. The summed E-state index contributed by atoms with van der Waals surface area (Å²) < 4.78 is 4.36. The quantitative estimate of drug-likeness (QED) is 0.352. The van der Waals surface area contributed by atoms with Gasteiger partial charge in [-0.2, -0.15) is 5.10 Å². The molecule has 2 atom stereocenters. The van der Waals surface area contributed by atoms with Crippen molar-refractivity contribution in [3.63, 3.8) is 0 Å². The molecule has 0 radical (unpaired) electrons. The van der Waals surface area contributed by atoms with Crippen molar-refractivity contribution in [1.82, 2.24) is 24.0 Å². The van der Waals surface area contributed by atoms with Crippen LogP contribution in [0, 0.1) is 12.8 Å². The number of fused-ring (bicyclic) bond motifs is 2. The molecule has 9 nitrogen and oxygen atoms in total. The highest BCUT2D eigenvalue weighted by atomic mass is 16.3. The number of aromatic nitrogens is 3. The number of hydrogen-bond acceptors (Lipinski definition) is 5. The number of pyridine rings is 1. The van der Waals surface area contributed by atoms with Crippen LogP contribution in [0.4, 0.5) is 0 Å². The summed E-state index contributed by atoms with van der Waals surface area (Å²) in [4.78, 5) is 29.4. The lowest BCUT2D eigenvalue weighted by molar-refractivity contribution is -0.140. The second-order valence-corrected chi connectivity index (χ2v) is 13.0. The average molecular weight is 583 g/mol. The van der Waals surface area contributed by atoms with Crippen LogP contribution >= 0.6 is 0 Å². The fourth-order valence-electron chi connectivity index (χ4n) is 7.22. The number of para-hydroxylation sites is 1. The minimum absolute atomic E-state index is 0.0143. The maximum Gasteiger partial charge on any atom is 0.255 e. The van der Waals surface area contributed by atoms with Crippen LogP contribution < -0.4 is 5.73 Å². The normalized spacial score (nSPS) is 20.7. The van der Waals surface area contributed by atoms with E-state index in [-0.39, 0.29) is 17.9 Å². The first-order valence-electron chi connectivity index (χ1n) is 15.9. The van der Waals surface area contributed by atoms with Gasteiger partial charge >= 0.3 is 0 Å². The van der Waals surface area contributed by atoms with Crippen LogP contribution in [0.5, 0.6) is 0 Å². The summed E-state index contributed by atoms with van der Waals surface area (Å²) in [5, 5.41) is 16.1. The molecule has 2 unspecified atom stereocenters. The molecule has 226 valence electrons. The number of aryl methyl sites for hydroxylation is 1. The number of nitrogens with zero attached hydrogens (tertiary/aromatic N) is 5. The van der Waals surface area contributed by atoms with E-state index in [9.17, 15) is 14.7 Å². The van der Waals surface area contributed by atoms with E-state index in [1.165, 1.54) is 29.3 Å². The van der Waals surface area contributed by atoms with Crippen LogP contribution in [0.2, 0.25) is 0 Å². The lowest BCUT2D eigenvalue weighted by Crippen LogP contribution is -2.45. The van der Waals surface area contributed by atoms with E-state index in [1.807, 2.05) is 27.7 Å². The van der Waals surface area contributed by atoms with Crippen molar-refractivity contribution in [3.05, 3.63) is 59.3 Å². The van der Waals surface area contributed by atoms with Gasteiger partial charge in [-0.15, -0.1) is 0 Å². The van der Waals surface area contributed by atoms with Crippen LogP contribution in [-0.2, 0) is 11.3 Å². The zero-order chi connectivity index (χ0) is 29.8. The summed E-state index contributed by atoms with van der Waals surface area (Å²) in [5.41, 5.74) is 13.6. The SMILES string of the molecule is Cc1c(-c2cc3cccc(C4CCN(C(=O)C(C)O)CC4)c3n2CC2CC2)nn2cc(C(=O)N3CCCC(N)C3)ccc12. The topological polar surface area (TPSA) is 109 Å². The van der Waals surface area contributed by atoms with Crippen LogP contribution in [0.25, 0.3) is 27.8 Å². The van der Waals surface area contributed by atoms with Gasteiger partial charge < -0.3 is 25.2 Å². The number of nitrogens with two attached hydrogens (primary N) is 1. The molecule has 4 aromatic rings. The predicted molar refractivity (Wildman–Crippen MR) is 167 cm³/mol. The largest absolute Gasteiger partial charge is 0.384 e. The molecule has 3 N–H and O–H groups in total. The van der Waals surface area contributed by atoms with Crippen molar-refractivity contribution in [2.24, 2.45) is 11.7 Å². The third kappa shape index (κ3) is 5.23. The Hall–Kier alpha value is -3.69. The van der Waals surface area contributed by atoms with Crippen molar-refractivity contribution in [1.29, 1.82) is 0 Å². The van der Waals surface area contributed by atoms with Gasteiger partial charge in [0.05, 0.1) is 22.3 Å². The van der Waals surface area contributed by atoms with Gasteiger partial charge in [0.15, 0.2) is 0 Å². The fourth-order valence-corrected chi connectivity index (χ4v) is 7.22. The van der Waals surface area contributed by atoms with E-state index in [4.69, 9.17) is 10.8 Å². The third-order valence-electron chi connectivity index (χ3n) is 9.80. The zero-order valence-electron chi connectivity index (χ0n) is 25.2. The molecule has 5 heterocycles. The summed E-state index contributed by atoms with van der Waals surface area (Å²) in [6.45, 7) is 7.30. The lowest BCUT2D eigenvalue weighted by atomic mass is 9.88. The Kier molecular flexibility index (Phi) is 7.26. The van der Waals surface area contributed by atoms with Gasteiger partial charge in [-0.3, -0.25) is 9.59 Å². The summed E-state index contributed by atoms with van der Waals surface area (Å²) in [5.74, 6) is 0.856. The van der Waals surface area contributed by atoms with E-state index in [2.05, 4.69) is 35.8 Å². The van der Waals surface area contributed by atoms with Crippen LogP contribution in [-0.4, -0.2) is 79.2 Å². The van der Waals surface area contributed by atoms with E-state index in [1.54, 1.807) is 11.8 Å². The number of carbonyl (C=O) groups excluding carboxylic acids is 2. The summed E-state index contributed by atoms with van der Waals surface area (Å²) in [6, 6.07) is 12.9. The van der Waals surface area contributed by atoms with Crippen LogP contribution in [0.3, 0.4) is 0 Å². The standard InChI is InChI=1S/C34H42N6O3/c1-21-29-11-10-26(34(43)38-14-4-6-27(35)20-38)19-40(29)36-31(21)30-17-25-5-3-7-28(32(25)39(30)18-23-8-9-23)24-12-15-37(16-13-24)33(42)22(2)41/h3,5,7,10-11,17,19,22-24,27,41H,4,6,8-9,12-16,18,20,35H2,1-2H3. The molecule has 2 saturated heterocycles. The highest BCUT2D eigenvalue weighted by Gasteiger charge is 2.31. The number of aliphatic hydroxyl groups excluding tert-OH is 1. The highest BCUT2D eigenvalue weighted by molar-refractivity contribution is 5.95. The molecule has 0 spiro atoms. The first kappa shape index (κ1) is 28.1. The molecule has 43 heavy (non-hydrogen) atoms. The third-order valence-corrected chi connectivity index (χ3v) is 9.80. The molecular weight excluding hydrogens is 540 g/mol. The molecule has 3 aliphatic rings. The van der Waals surface area contributed by atoms with Gasteiger partial charge in [-0.1, -0.05) is 18.2 Å². The van der Waals surface area contributed by atoms with Crippen molar-refractivity contribution in [2.45, 2.75) is 77.0 Å². The minimum Gasteiger partial charge on any atom is -0.384 e. The van der Waals surface area contributed by atoms with Crippen LogP contribution in [0.15, 0.2) is 42.6 Å². The second-order valence-electron chi connectivity index (χ2n) is 13.0. The van der Waals surface area contributed by atoms with Crippen molar-refractivity contribution in [3.8, 4) is 11.4 Å². The summed E-state index contributed by atoms with van der Waals surface area (Å²) in [6.07, 6.45) is 7.07. The Morgan fingerprint density at radius 1 is 1.05 bits per heavy atom. The molecule has 2 amide bonds. The number of carbonyl (C=O) groups is 2. The van der Waals surface area contributed by atoms with Gasteiger partial charge in [0.1, 0.15) is 11.8 Å². The molecule has 1 aromatic carbocycles. The number of aliphatic hydroxyl groups is 1. The minimum atomic E-state index is -0.954. The second kappa shape index (κ2) is 11.1. The molecule has 7 rings (SSSR count). The molecule has 2 aliphatic heterocycles. The molecule has 1 saturated carbocycles. The van der Waals surface area contributed by atoms with Gasteiger partial charge in [0.2, 0.25) is 0 Å². The number of piperidine rings is 2. The molecule has 1 aliphatic carbocycles. The highest BCUT2D eigenvalue weighted by Crippen LogP contribution is 2.41. The number of likely N-dealkylation sites (tertiary alicyclic amines) is 2. The molecular formula is C34H42N6O3. The maximum absolute atomic E-state index is 13.3. The Morgan fingerprint density at radius 2 is 1.84 bits per heavy atom. The molecule has 3 aromatic heterocycles. The maximum atomic E-state index is 13.3. The number of benzene rings is 1. The van der Waals surface area contributed by atoms with Gasteiger partial charge in [0, 0.05) is 55.9 Å². The lowest BCUT2D eigenvalue weighted by Gasteiger charge is -2.33. The number of hydrogen-bond donors (Lipinski definition) is 2. The number of amides is 2. The summed E-state index contributed by atoms with van der Waals surface area (Å²) >= 11 is 0. The monoisotopic (exact) mass is 582 g/mol. The van der Waals surface area contributed by atoms with Gasteiger partial charge in [-0.25, -0.2) is 4.52 Å².